The molecule has 0 amide bonds. The minimum absolute atomic E-state index is 0.655. The quantitative estimate of drug-likeness (QED) is 0.802. The van der Waals surface area contributed by atoms with Gasteiger partial charge in [-0.05, 0) is 57.1 Å². The summed E-state index contributed by atoms with van der Waals surface area (Å²) in [5.74, 6) is 0.722. The smallest absolute Gasteiger partial charge is 0.137 e. The van der Waals surface area contributed by atoms with Crippen LogP contribution in [0.2, 0.25) is 5.02 Å². The Bertz CT molecular complexity index is 378. The van der Waals surface area contributed by atoms with Crippen LogP contribution in [0.25, 0.3) is 0 Å². The van der Waals surface area contributed by atoms with Crippen LogP contribution in [0.4, 0.5) is 5.69 Å². The van der Waals surface area contributed by atoms with Crippen LogP contribution >= 0.6 is 11.6 Å². The first-order chi connectivity index (χ1) is 8.79. The lowest BCUT2D eigenvalue weighted by molar-refractivity contribution is 0.337. The number of methoxy groups -OCH3 is 1. The molecule has 0 aliphatic carbocycles. The van der Waals surface area contributed by atoms with E-state index in [-0.39, 0.29) is 0 Å². The van der Waals surface area contributed by atoms with Crippen molar-refractivity contribution in [2.24, 2.45) is 0 Å². The van der Waals surface area contributed by atoms with E-state index < -0.39 is 0 Å². The van der Waals surface area contributed by atoms with E-state index in [9.17, 15) is 0 Å². The number of rotatable bonds is 6. The minimum Gasteiger partial charge on any atom is -0.495 e. The molecule has 1 saturated heterocycles. The van der Waals surface area contributed by atoms with Crippen molar-refractivity contribution in [1.29, 1.82) is 0 Å². The van der Waals surface area contributed by atoms with E-state index in [1.165, 1.54) is 38.9 Å². The second-order valence-corrected chi connectivity index (χ2v) is 5.09. The van der Waals surface area contributed by atoms with Crippen molar-refractivity contribution in [2.75, 3.05) is 38.6 Å². The minimum atomic E-state index is 0.655. The summed E-state index contributed by atoms with van der Waals surface area (Å²) in [5, 5.41) is 4.05. The number of benzene rings is 1. The summed E-state index contributed by atoms with van der Waals surface area (Å²) in [4.78, 5) is 2.53. The molecular weight excluding hydrogens is 248 g/mol. The fourth-order valence-electron chi connectivity index (χ4n) is 2.32. The highest BCUT2D eigenvalue weighted by Gasteiger charge is 2.10. The molecule has 0 atom stereocenters. The first-order valence-electron chi connectivity index (χ1n) is 6.59. The molecule has 0 unspecified atom stereocenters. The molecule has 2 rings (SSSR count). The first-order valence-corrected chi connectivity index (χ1v) is 6.97. The molecular formula is C14H21ClN2O. The molecule has 0 saturated carbocycles. The van der Waals surface area contributed by atoms with Crippen molar-refractivity contribution in [3.63, 3.8) is 0 Å². The average Bonchev–Trinajstić information content (AvgIpc) is 2.88. The van der Waals surface area contributed by atoms with Crippen LogP contribution in [0.1, 0.15) is 19.3 Å². The highest BCUT2D eigenvalue weighted by atomic mass is 35.5. The van der Waals surface area contributed by atoms with Gasteiger partial charge in [0.05, 0.1) is 12.1 Å². The number of hydrogen-bond donors (Lipinski definition) is 1. The Morgan fingerprint density at radius 2 is 2.11 bits per heavy atom. The molecule has 0 spiro atoms. The van der Waals surface area contributed by atoms with Gasteiger partial charge in [0.25, 0.3) is 0 Å². The van der Waals surface area contributed by atoms with Crippen molar-refractivity contribution >= 4 is 17.3 Å². The van der Waals surface area contributed by atoms with Gasteiger partial charge in [-0.1, -0.05) is 11.6 Å². The van der Waals surface area contributed by atoms with E-state index in [0.29, 0.717) is 5.02 Å². The monoisotopic (exact) mass is 268 g/mol. The molecule has 4 heteroatoms. The Kier molecular flexibility index (Phi) is 5.14. The van der Waals surface area contributed by atoms with Crippen molar-refractivity contribution in [3.05, 3.63) is 23.2 Å². The largest absolute Gasteiger partial charge is 0.495 e. The zero-order chi connectivity index (χ0) is 12.8. The number of ether oxygens (including phenoxy) is 1. The number of nitrogens with zero attached hydrogens (tertiary/aromatic N) is 1. The van der Waals surface area contributed by atoms with Crippen LogP contribution in [-0.4, -0.2) is 38.2 Å². The SMILES string of the molecule is COc1ccc(NCCCN2CCCC2)cc1Cl. The Labute approximate surface area is 114 Å². The normalized spacial score (nSPS) is 15.9. The summed E-state index contributed by atoms with van der Waals surface area (Å²) in [6.45, 7) is 4.72. The molecule has 0 bridgehead atoms. The van der Waals surface area contributed by atoms with Crippen LogP contribution in [0.5, 0.6) is 5.75 Å². The van der Waals surface area contributed by atoms with E-state index in [1.807, 2.05) is 18.2 Å². The van der Waals surface area contributed by atoms with E-state index >= 15 is 0 Å². The second-order valence-electron chi connectivity index (χ2n) is 4.68. The number of likely N-dealkylation sites (tertiary alicyclic amines) is 1. The second kappa shape index (κ2) is 6.86. The first kappa shape index (κ1) is 13.5. The maximum absolute atomic E-state index is 6.07. The van der Waals surface area contributed by atoms with Crippen LogP contribution < -0.4 is 10.1 Å². The van der Waals surface area contributed by atoms with Gasteiger partial charge in [-0.3, -0.25) is 0 Å². The van der Waals surface area contributed by atoms with Gasteiger partial charge in [-0.2, -0.15) is 0 Å². The Hall–Kier alpha value is -0.930. The van der Waals surface area contributed by atoms with E-state index in [4.69, 9.17) is 16.3 Å². The highest BCUT2D eigenvalue weighted by molar-refractivity contribution is 6.32. The van der Waals surface area contributed by atoms with Gasteiger partial charge in [-0.15, -0.1) is 0 Å². The zero-order valence-corrected chi connectivity index (χ0v) is 11.7. The lowest BCUT2D eigenvalue weighted by Gasteiger charge is -2.15. The predicted molar refractivity (Wildman–Crippen MR) is 76.8 cm³/mol. The lowest BCUT2D eigenvalue weighted by atomic mass is 10.3. The summed E-state index contributed by atoms with van der Waals surface area (Å²) in [6, 6.07) is 5.81. The molecule has 1 fully saturated rings. The molecule has 1 N–H and O–H groups in total. The molecule has 1 heterocycles. The number of nitrogens with one attached hydrogen (secondary N) is 1. The van der Waals surface area contributed by atoms with Crippen LogP contribution in [0.15, 0.2) is 18.2 Å². The predicted octanol–water partition coefficient (Wildman–Crippen LogP) is 3.25. The zero-order valence-electron chi connectivity index (χ0n) is 10.9. The average molecular weight is 269 g/mol. The van der Waals surface area contributed by atoms with Crippen LogP contribution in [-0.2, 0) is 0 Å². The van der Waals surface area contributed by atoms with Crippen molar-refractivity contribution in [3.8, 4) is 5.75 Å². The molecule has 1 aromatic carbocycles. The van der Waals surface area contributed by atoms with Crippen molar-refractivity contribution in [2.45, 2.75) is 19.3 Å². The summed E-state index contributed by atoms with van der Waals surface area (Å²) in [7, 11) is 1.63. The molecule has 1 aliphatic rings. The molecule has 3 nitrogen and oxygen atoms in total. The molecule has 1 aromatic rings. The third-order valence-electron chi connectivity index (χ3n) is 3.33. The van der Waals surface area contributed by atoms with Gasteiger partial charge in [0.2, 0.25) is 0 Å². The van der Waals surface area contributed by atoms with Gasteiger partial charge in [0.1, 0.15) is 5.75 Å². The third kappa shape index (κ3) is 3.79. The maximum atomic E-state index is 6.07. The molecule has 100 valence electrons. The van der Waals surface area contributed by atoms with E-state index in [1.54, 1.807) is 7.11 Å². The van der Waals surface area contributed by atoms with Gasteiger partial charge in [-0.25, -0.2) is 0 Å². The number of hydrogen-bond acceptors (Lipinski definition) is 3. The topological polar surface area (TPSA) is 24.5 Å². The van der Waals surface area contributed by atoms with Crippen molar-refractivity contribution < 1.29 is 4.74 Å². The highest BCUT2D eigenvalue weighted by Crippen LogP contribution is 2.27. The molecule has 1 aliphatic heterocycles. The number of anilines is 1. The fraction of sp³-hybridized carbons (Fsp3) is 0.571. The standard InChI is InChI=1S/C14H21ClN2O/c1-18-14-6-5-12(11-13(14)15)16-7-4-10-17-8-2-3-9-17/h5-6,11,16H,2-4,7-10H2,1H3. The van der Waals surface area contributed by atoms with Gasteiger partial charge in [0.15, 0.2) is 0 Å². The summed E-state index contributed by atoms with van der Waals surface area (Å²) in [5.41, 5.74) is 1.06. The summed E-state index contributed by atoms with van der Waals surface area (Å²) in [6.07, 6.45) is 3.90. The lowest BCUT2D eigenvalue weighted by Crippen LogP contribution is -2.22. The Balaban J connectivity index is 1.71. The van der Waals surface area contributed by atoms with E-state index in [0.717, 1.165) is 18.0 Å². The molecule has 18 heavy (non-hydrogen) atoms. The number of halogens is 1. The van der Waals surface area contributed by atoms with Gasteiger partial charge in [0, 0.05) is 12.2 Å². The van der Waals surface area contributed by atoms with Crippen LogP contribution in [0.3, 0.4) is 0 Å². The molecule has 0 aromatic heterocycles. The van der Waals surface area contributed by atoms with Gasteiger partial charge < -0.3 is 15.0 Å². The Morgan fingerprint density at radius 3 is 2.78 bits per heavy atom. The Morgan fingerprint density at radius 1 is 1.33 bits per heavy atom. The van der Waals surface area contributed by atoms with Crippen LogP contribution in [0, 0.1) is 0 Å². The summed E-state index contributed by atoms with van der Waals surface area (Å²) >= 11 is 6.07. The van der Waals surface area contributed by atoms with E-state index in [2.05, 4.69) is 10.2 Å². The van der Waals surface area contributed by atoms with Gasteiger partial charge >= 0.3 is 0 Å². The third-order valence-corrected chi connectivity index (χ3v) is 3.63. The van der Waals surface area contributed by atoms with Crippen molar-refractivity contribution in [1.82, 2.24) is 4.90 Å². The molecule has 0 radical (unpaired) electrons. The summed E-state index contributed by atoms with van der Waals surface area (Å²) < 4.78 is 5.13. The maximum Gasteiger partial charge on any atom is 0.137 e. The fourth-order valence-corrected chi connectivity index (χ4v) is 2.58.